The Morgan fingerprint density at radius 2 is 2.18 bits per heavy atom. The molecule has 1 aliphatic rings. The number of hydrogen-bond donors (Lipinski definition) is 1. The fraction of sp³-hybridized carbons (Fsp3) is 0. The van der Waals surface area contributed by atoms with Crippen molar-refractivity contribution in [3.63, 3.8) is 0 Å². The molecule has 0 spiro atoms. The van der Waals surface area contributed by atoms with Gasteiger partial charge in [-0.2, -0.15) is 0 Å². The van der Waals surface area contributed by atoms with Gasteiger partial charge in [0.15, 0.2) is 0 Å². The SMILES string of the molecule is Cl.Clc1ccc2c(c1)SSN2. The zero-order valence-electron chi connectivity index (χ0n) is 5.33. The van der Waals surface area contributed by atoms with Crippen molar-refractivity contribution < 1.29 is 0 Å². The summed E-state index contributed by atoms with van der Waals surface area (Å²) < 4.78 is 3.15. The van der Waals surface area contributed by atoms with Gasteiger partial charge in [0.1, 0.15) is 0 Å². The fourth-order valence-corrected chi connectivity index (χ4v) is 2.92. The van der Waals surface area contributed by atoms with Crippen molar-refractivity contribution in [2.75, 3.05) is 4.72 Å². The molecule has 1 aliphatic heterocycles. The number of rotatable bonds is 0. The van der Waals surface area contributed by atoms with Crippen LogP contribution in [0.3, 0.4) is 0 Å². The highest BCUT2D eigenvalue weighted by atomic mass is 35.5. The van der Waals surface area contributed by atoms with E-state index in [0.717, 1.165) is 5.02 Å². The lowest BCUT2D eigenvalue weighted by molar-refractivity contribution is 1.48. The Hall–Kier alpha value is 0.300. The molecule has 11 heavy (non-hydrogen) atoms. The molecule has 0 atom stereocenters. The highest BCUT2D eigenvalue weighted by molar-refractivity contribution is 8.77. The lowest BCUT2D eigenvalue weighted by Gasteiger charge is -1.94. The molecule has 0 aliphatic carbocycles. The minimum Gasteiger partial charge on any atom is -0.319 e. The van der Waals surface area contributed by atoms with Crippen LogP contribution in [0.2, 0.25) is 5.02 Å². The van der Waals surface area contributed by atoms with E-state index in [1.165, 1.54) is 10.6 Å². The zero-order chi connectivity index (χ0) is 6.97. The van der Waals surface area contributed by atoms with E-state index in [1.54, 1.807) is 21.8 Å². The Kier molecular flexibility index (Phi) is 3.25. The molecule has 2 rings (SSSR count). The first-order valence-electron chi connectivity index (χ1n) is 2.75. The molecule has 0 unspecified atom stereocenters. The number of nitrogens with one attached hydrogen (secondary N) is 1. The Labute approximate surface area is 84.2 Å². The summed E-state index contributed by atoms with van der Waals surface area (Å²) in [5, 5.41) is 0.801. The van der Waals surface area contributed by atoms with E-state index in [9.17, 15) is 0 Å². The van der Waals surface area contributed by atoms with Gasteiger partial charge < -0.3 is 4.72 Å². The highest BCUT2D eigenvalue weighted by Gasteiger charge is 2.10. The predicted octanol–water partition coefficient (Wildman–Crippen LogP) is 3.84. The molecule has 1 aromatic carbocycles. The molecule has 1 heterocycles. The maximum absolute atomic E-state index is 5.77. The fourth-order valence-electron chi connectivity index (χ4n) is 0.760. The van der Waals surface area contributed by atoms with Crippen LogP contribution < -0.4 is 4.72 Å². The highest BCUT2D eigenvalue weighted by Crippen LogP contribution is 2.45. The maximum atomic E-state index is 5.77. The van der Waals surface area contributed by atoms with Gasteiger partial charge in [-0.25, -0.2) is 0 Å². The zero-order valence-corrected chi connectivity index (χ0v) is 8.54. The van der Waals surface area contributed by atoms with Crippen LogP contribution in [0.25, 0.3) is 0 Å². The van der Waals surface area contributed by atoms with E-state index < -0.39 is 0 Å². The molecular weight excluding hydrogens is 221 g/mol. The van der Waals surface area contributed by atoms with Crippen LogP contribution >= 0.6 is 45.8 Å². The Morgan fingerprint density at radius 3 is 3.00 bits per heavy atom. The van der Waals surface area contributed by atoms with E-state index in [0.29, 0.717) is 0 Å². The van der Waals surface area contributed by atoms with Crippen molar-refractivity contribution in [2.24, 2.45) is 0 Å². The average molecular weight is 226 g/mol. The molecule has 60 valence electrons. The summed E-state index contributed by atoms with van der Waals surface area (Å²) in [6, 6.07) is 5.85. The van der Waals surface area contributed by atoms with Crippen LogP contribution in [0.4, 0.5) is 5.69 Å². The Bertz CT molecular complexity index is 267. The molecule has 5 heteroatoms. The standard InChI is InChI=1S/C6H4ClNS2.ClH/c7-4-1-2-5-6(3-4)9-10-8-5;/h1-3,8H;1H. The van der Waals surface area contributed by atoms with Gasteiger partial charge >= 0.3 is 0 Å². The van der Waals surface area contributed by atoms with Crippen LogP contribution in [-0.2, 0) is 0 Å². The van der Waals surface area contributed by atoms with Crippen molar-refractivity contribution >= 4 is 51.5 Å². The molecule has 1 nitrogen and oxygen atoms in total. The average Bonchev–Trinajstić information content (AvgIpc) is 2.33. The second kappa shape index (κ2) is 3.81. The van der Waals surface area contributed by atoms with Crippen molar-refractivity contribution in [3.8, 4) is 0 Å². The van der Waals surface area contributed by atoms with Gasteiger partial charge in [-0.3, -0.25) is 0 Å². The molecule has 0 bridgehead atoms. The quantitative estimate of drug-likeness (QED) is 0.533. The molecular formula is C6H5Cl2NS2. The number of hydrogen-bond acceptors (Lipinski definition) is 3. The minimum absolute atomic E-state index is 0. The third-order valence-corrected chi connectivity index (χ3v) is 3.40. The van der Waals surface area contributed by atoms with Crippen molar-refractivity contribution in [2.45, 2.75) is 4.90 Å². The van der Waals surface area contributed by atoms with Crippen LogP contribution in [0.15, 0.2) is 23.1 Å². The first kappa shape index (κ1) is 9.39. The molecule has 1 N–H and O–H groups in total. The third kappa shape index (κ3) is 1.90. The topological polar surface area (TPSA) is 12.0 Å². The predicted molar refractivity (Wildman–Crippen MR) is 55.8 cm³/mol. The lowest BCUT2D eigenvalue weighted by Crippen LogP contribution is -1.76. The number of halogens is 2. The normalized spacial score (nSPS) is 13.2. The van der Waals surface area contributed by atoms with E-state index in [1.807, 2.05) is 18.2 Å². The molecule has 0 aromatic heterocycles. The molecule has 0 saturated carbocycles. The summed E-state index contributed by atoms with van der Waals surface area (Å²) in [5.41, 5.74) is 1.17. The summed E-state index contributed by atoms with van der Waals surface area (Å²) in [6.07, 6.45) is 0. The smallest absolute Gasteiger partial charge is 0.0594 e. The van der Waals surface area contributed by atoms with Crippen LogP contribution in [0, 0.1) is 0 Å². The van der Waals surface area contributed by atoms with Crippen molar-refractivity contribution in [1.82, 2.24) is 0 Å². The maximum Gasteiger partial charge on any atom is 0.0594 e. The van der Waals surface area contributed by atoms with E-state index in [4.69, 9.17) is 11.6 Å². The van der Waals surface area contributed by atoms with Crippen molar-refractivity contribution in [1.29, 1.82) is 0 Å². The van der Waals surface area contributed by atoms with Crippen molar-refractivity contribution in [3.05, 3.63) is 23.2 Å². The largest absolute Gasteiger partial charge is 0.319 e. The Balaban J connectivity index is 0.000000605. The molecule has 0 radical (unpaired) electrons. The summed E-state index contributed by atoms with van der Waals surface area (Å²) in [6.45, 7) is 0. The second-order valence-electron chi connectivity index (χ2n) is 1.91. The summed E-state index contributed by atoms with van der Waals surface area (Å²) >= 11 is 5.77. The van der Waals surface area contributed by atoms with Crippen LogP contribution in [0.5, 0.6) is 0 Å². The summed E-state index contributed by atoms with van der Waals surface area (Å²) in [7, 11) is 3.32. The van der Waals surface area contributed by atoms with Gasteiger partial charge in [-0.15, -0.1) is 12.4 Å². The van der Waals surface area contributed by atoms with Gasteiger partial charge in [0, 0.05) is 20.9 Å². The Morgan fingerprint density at radius 1 is 1.36 bits per heavy atom. The number of benzene rings is 1. The first-order valence-corrected chi connectivity index (χ1v) is 5.28. The summed E-state index contributed by atoms with van der Waals surface area (Å²) in [4.78, 5) is 1.22. The third-order valence-electron chi connectivity index (χ3n) is 1.23. The van der Waals surface area contributed by atoms with Gasteiger partial charge in [0.25, 0.3) is 0 Å². The number of anilines is 1. The lowest BCUT2D eigenvalue weighted by atomic mass is 10.3. The van der Waals surface area contributed by atoms with Crippen LogP contribution in [0.1, 0.15) is 0 Å². The van der Waals surface area contributed by atoms with E-state index in [-0.39, 0.29) is 12.4 Å². The molecule has 0 amide bonds. The van der Waals surface area contributed by atoms with Gasteiger partial charge in [0.2, 0.25) is 0 Å². The van der Waals surface area contributed by atoms with Gasteiger partial charge in [-0.05, 0) is 29.0 Å². The van der Waals surface area contributed by atoms with E-state index in [2.05, 4.69) is 4.72 Å². The first-order chi connectivity index (χ1) is 4.86. The van der Waals surface area contributed by atoms with Crippen LogP contribution in [-0.4, -0.2) is 0 Å². The van der Waals surface area contributed by atoms with E-state index >= 15 is 0 Å². The monoisotopic (exact) mass is 225 g/mol. The minimum atomic E-state index is 0. The molecule has 0 saturated heterocycles. The molecule has 1 aromatic rings. The summed E-state index contributed by atoms with van der Waals surface area (Å²) in [5.74, 6) is 0. The van der Waals surface area contributed by atoms with Gasteiger partial charge in [0.05, 0.1) is 5.69 Å². The second-order valence-corrected chi connectivity index (χ2v) is 4.32. The number of fused-ring (bicyclic) bond motifs is 1. The van der Waals surface area contributed by atoms with Gasteiger partial charge in [-0.1, -0.05) is 11.6 Å². The molecule has 0 fully saturated rings.